The molecule has 0 heterocycles. The van der Waals surface area contributed by atoms with Crippen LogP contribution in [0.2, 0.25) is 0 Å². The third-order valence-electron chi connectivity index (χ3n) is 2.74. The number of aliphatic carboxylic acids is 1. The van der Waals surface area contributed by atoms with Crippen LogP contribution in [0.5, 0.6) is 0 Å². The quantitative estimate of drug-likeness (QED) is 0.790. The Bertz CT molecular complexity index is 497. The molecule has 0 aliphatic heterocycles. The van der Waals surface area contributed by atoms with Crippen LogP contribution < -0.4 is 5.32 Å². The van der Waals surface area contributed by atoms with Gasteiger partial charge in [-0.25, -0.2) is 13.2 Å². The molecule has 0 saturated carbocycles. The minimum atomic E-state index is -1.66. The van der Waals surface area contributed by atoms with E-state index in [0.717, 1.165) is 0 Å². The maximum absolute atomic E-state index is 13.0. The molecule has 0 aromatic heterocycles. The van der Waals surface area contributed by atoms with Crippen molar-refractivity contribution in [3.63, 3.8) is 0 Å². The summed E-state index contributed by atoms with van der Waals surface area (Å²) < 4.78 is 38.7. The van der Waals surface area contributed by atoms with Crippen LogP contribution in [0, 0.1) is 23.4 Å². The van der Waals surface area contributed by atoms with Gasteiger partial charge in [0.25, 0.3) is 5.91 Å². The van der Waals surface area contributed by atoms with Crippen molar-refractivity contribution < 1.29 is 27.9 Å². The number of benzene rings is 1. The largest absolute Gasteiger partial charge is 0.481 e. The Morgan fingerprint density at radius 1 is 1.25 bits per heavy atom. The average molecular weight is 289 g/mol. The highest BCUT2D eigenvalue weighted by Gasteiger charge is 2.19. The van der Waals surface area contributed by atoms with Gasteiger partial charge in [0, 0.05) is 12.1 Å². The summed E-state index contributed by atoms with van der Waals surface area (Å²) in [6.45, 7) is 1.63. The van der Waals surface area contributed by atoms with Gasteiger partial charge in [0.05, 0.1) is 5.92 Å². The zero-order valence-corrected chi connectivity index (χ0v) is 10.8. The van der Waals surface area contributed by atoms with E-state index < -0.39 is 40.8 Å². The molecule has 1 amide bonds. The maximum atomic E-state index is 13.0. The Kier molecular flexibility index (Phi) is 5.54. The Morgan fingerprint density at radius 2 is 1.80 bits per heavy atom. The van der Waals surface area contributed by atoms with E-state index in [1.807, 2.05) is 0 Å². The lowest BCUT2D eigenvalue weighted by Gasteiger charge is -2.12. The monoisotopic (exact) mass is 289 g/mol. The highest BCUT2D eigenvalue weighted by atomic mass is 19.2. The van der Waals surface area contributed by atoms with Gasteiger partial charge in [-0.15, -0.1) is 0 Å². The lowest BCUT2D eigenvalue weighted by Crippen LogP contribution is -2.33. The number of carbonyl (C=O) groups is 2. The Labute approximate surface area is 113 Å². The van der Waals surface area contributed by atoms with Gasteiger partial charge in [-0.2, -0.15) is 0 Å². The molecule has 1 rings (SSSR count). The first-order valence-corrected chi connectivity index (χ1v) is 6.02. The summed E-state index contributed by atoms with van der Waals surface area (Å²) in [5, 5.41) is 11.2. The Balaban J connectivity index is 2.74. The van der Waals surface area contributed by atoms with Crippen molar-refractivity contribution in [1.29, 1.82) is 0 Å². The van der Waals surface area contributed by atoms with Crippen molar-refractivity contribution in [3.05, 3.63) is 35.1 Å². The van der Waals surface area contributed by atoms with E-state index in [4.69, 9.17) is 5.11 Å². The van der Waals surface area contributed by atoms with Gasteiger partial charge >= 0.3 is 5.97 Å². The van der Waals surface area contributed by atoms with Crippen LogP contribution in [-0.4, -0.2) is 23.5 Å². The van der Waals surface area contributed by atoms with Gasteiger partial charge in [-0.3, -0.25) is 9.59 Å². The number of hydrogen-bond acceptors (Lipinski definition) is 2. The van der Waals surface area contributed by atoms with Crippen molar-refractivity contribution in [2.45, 2.75) is 19.8 Å². The molecular formula is C13H14F3NO3. The van der Waals surface area contributed by atoms with Gasteiger partial charge in [0.1, 0.15) is 0 Å². The van der Waals surface area contributed by atoms with Gasteiger partial charge in [0.15, 0.2) is 17.5 Å². The zero-order chi connectivity index (χ0) is 15.3. The molecule has 1 atom stereocenters. The molecule has 1 aromatic carbocycles. The second-order valence-corrected chi connectivity index (χ2v) is 4.29. The van der Waals surface area contributed by atoms with Gasteiger partial charge in [-0.05, 0) is 18.6 Å². The van der Waals surface area contributed by atoms with E-state index in [-0.39, 0.29) is 6.54 Å². The third kappa shape index (κ3) is 3.97. The molecular weight excluding hydrogens is 275 g/mol. The number of halogens is 3. The molecule has 0 aliphatic carbocycles. The van der Waals surface area contributed by atoms with E-state index in [1.54, 1.807) is 6.92 Å². The lowest BCUT2D eigenvalue weighted by molar-refractivity contribution is -0.141. The normalized spacial score (nSPS) is 12.0. The summed E-state index contributed by atoms with van der Waals surface area (Å²) >= 11 is 0. The van der Waals surface area contributed by atoms with Crippen LogP contribution >= 0.6 is 0 Å². The van der Waals surface area contributed by atoms with Crippen LogP contribution in [0.15, 0.2) is 12.1 Å². The number of nitrogens with one attached hydrogen (secondary N) is 1. The summed E-state index contributed by atoms with van der Waals surface area (Å²) in [6.07, 6.45) is 0.981. The van der Waals surface area contributed by atoms with Gasteiger partial charge in [-0.1, -0.05) is 13.3 Å². The number of carbonyl (C=O) groups excluding carboxylic acids is 1. The number of carboxylic acid groups (broad SMARTS) is 1. The number of rotatable bonds is 6. The number of amides is 1. The molecule has 0 bridgehead atoms. The van der Waals surface area contributed by atoms with Crippen molar-refractivity contribution in [2.75, 3.05) is 6.54 Å². The molecule has 0 saturated heterocycles. The van der Waals surface area contributed by atoms with Crippen molar-refractivity contribution >= 4 is 11.9 Å². The fraction of sp³-hybridized carbons (Fsp3) is 0.385. The summed E-state index contributed by atoms with van der Waals surface area (Å²) in [5.41, 5.74) is -0.401. The van der Waals surface area contributed by atoms with Crippen LogP contribution in [0.25, 0.3) is 0 Å². The molecule has 1 unspecified atom stereocenters. The molecule has 2 N–H and O–H groups in total. The first kappa shape index (κ1) is 16.0. The average Bonchev–Trinajstić information content (AvgIpc) is 2.39. The second-order valence-electron chi connectivity index (χ2n) is 4.29. The Hall–Kier alpha value is -2.05. The second kappa shape index (κ2) is 6.93. The fourth-order valence-corrected chi connectivity index (χ4v) is 1.67. The van der Waals surface area contributed by atoms with E-state index in [2.05, 4.69) is 5.32 Å². The predicted octanol–water partition coefficient (Wildman–Crippen LogP) is 2.33. The van der Waals surface area contributed by atoms with Gasteiger partial charge in [0.2, 0.25) is 0 Å². The Morgan fingerprint density at radius 3 is 2.25 bits per heavy atom. The van der Waals surface area contributed by atoms with E-state index >= 15 is 0 Å². The molecule has 0 spiro atoms. The molecule has 0 radical (unpaired) electrons. The summed E-state index contributed by atoms with van der Waals surface area (Å²) in [4.78, 5) is 22.5. The fourth-order valence-electron chi connectivity index (χ4n) is 1.67. The van der Waals surface area contributed by atoms with E-state index in [0.29, 0.717) is 25.0 Å². The molecule has 0 fully saturated rings. The zero-order valence-electron chi connectivity index (χ0n) is 10.8. The van der Waals surface area contributed by atoms with Crippen molar-refractivity contribution in [1.82, 2.24) is 5.32 Å². The van der Waals surface area contributed by atoms with E-state index in [9.17, 15) is 22.8 Å². The molecule has 4 nitrogen and oxygen atoms in total. The van der Waals surface area contributed by atoms with Gasteiger partial charge < -0.3 is 10.4 Å². The van der Waals surface area contributed by atoms with Crippen molar-refractivity contribution in [2.24, 2.45) is 5.92 Å². The molecule has 7 heteroatoms. The number of carboxylic acids is 1. The summed E-state index contributed by atoms with van der Waals surface area (Å²) in [5.74, 6) is -7.30. The molecule has 110 valence electrons. The highest BCUT2D eigenvalue weighted by molar-refractivity contribution is 5.94. The molecule has 1 aromatic rings. The van der Waals surface area contributed by atoms with Crippen LogP contribution in [-0.2, 0) is 4.79 Å². The summed E-state index contributed by atoms with van der Waals surface area (Å²) in [7, 11) is 0. The first-order chi connectivity index (χ1) is 9.36. The lowest BCUT2D eigenvalue weighted by atomic mass is 10.0. The molecule has 20 heavy (non-hydrogen) atoms. The third-order valence-corrected chi connectivity index (χ3v) is 2.74. The topological polar surface area (TPSA) is 66.4 Å². The maximum Gasteiger partial charge on any atom is 0.308 e. The highest BCUT2D eigenvalue weighted by Crippen LogP contribution is 2.14. The minimum Gasteiger partial charge on any atom is -0.481 e. The first-order valence-electron chi connectivity index (χ1n) is 6.02. The van der Waals surface area contributed by atoms with E-state index in [1.165, 1.54) is 0 Å². The van der Waals surface area contributed by atoms with Crippen LogP contribution in [0.4, 0.5) is 13.2 Å². The van der Waals surface area contributed by atoms with Crippen LogP contribution in [0.3, 0.4) is 0 Å². The van der Waals surface area contributed by atoms with Crippen molar-refractivity contribution in [3.8, 4) is 0 Å². The molecule has 0 aliphatic rings. The van der Waals surface area contributed by atoms with Crippen LogP contribution in [0.1, 0.15) is 30.1 Å². The summed E-state index contributed by atoms with van der Waals surface area (Å²) in [6, 6.07) is 1.12. The predicted molar refractivity (Wildman–Crippen MR) is 64.7 cm³/mol. The smallest absolute Gasteiger partial charge is 0.308 e. The minimum absolute atomic E-state index is 0.164. The SMILES string of the molecule is CCCC(CNC(=O)c1cc(F)c(F)c(F)c1)C(=O)O. The standard InChI is InChI=1S/C13H14F3NO3/c1-2-3-7(13(19)20)6-17-12(18)8-4-9(14)11(16)10(15)5-8/h4-5,7H,2-3,6H2,1H3,(H,17,18)(H,19,20). The number of hydrogen-bond donors (Lipinski definition) is 2.